The molecule has 3 aromatic rings. The minimum Gasteiger partial charge on any atom is -0.309 e. The van der Waals surface area contributed by atoms with Crippen molar-refractivity contribution in [1.29, 1.82) is 0 Å². The average Bonchev–Trinajstić information content (AvgIpc) is 2.87. The molecule has 0 radical (unpaired) electrons. The Morgan fingerprint density at radius 1 is 1.28 bits per heavy atom. The topological polar surface area (TPSA) is 59.8 Å². The van der Waals surface area contributed by atoms with Crippen LogP contribution in [0.1, 0.15) is 45.6 Å². The van der Waals surface area contributed by atoms with Crippen molar-refractivity contribution in [3.05, 3.63) is 29.8 Å². The maximum absolute atomic E-state index is 12.2. The van der Waals surface area contributed by atoms with Gasteiger partial charge in [0.25, 0.3) is 0 Å². The fraction of sp³-hybridized carbons (Fsp3) is 0.450. The maximum Gasteiger partial charge on any atom is 0.225 e. The van der Waals surface area contributed by atoms with E-state index in [1.54, 1.807) is 0 Å². The summed E-state index contributed by atoms with van der Waals surface area (Å²) >= 11 is 0. The number of hydrogen-bond acceptors (Lipinski definition) is 3. The molecule has 1 aromatic carbocycles. The van der Waals surface area contributed by atoms with Crippen molar-refractivity contribution >= 4 is 33.7 Å². The van der Waals surface area contributed by atoms with E-state index >= 15 is 0 Å². The molecule has 0 spiro atoms. The first-order valence-electron chi connectivity index (χ1n) is 9.05. The van der Waals surface area contributed by atoms with Crippen LogP contribution in [0, 0.1) is 12.8 Å². The first-order chi connectivity index (χ1) is 12.0. The van der Waals surface area contributed by atoms with Gasteiger partial charge in [0.15, 0.2) is 11.5 Å². The highest BCUT2D eigenvalue weighted by Gasteiger charge is 2.16. The van der Waals surface area contributed by atoms with Gasteiger partial charge in [0.1, 0.15) is 0 Å². The SMILES string of the molecule is CCCCn1nc(NC(=O)CC(C)C)c2cc3ccc(C)cc3nc21. The lowest BCUT2D eigenvalue weighted by atomic mass is 10.1. The molecule has 132 valence electrons. The van der Waals surface area contributed by atoms with E-state index < -0.39 is 0 Å². The Bertz CT molecular complexity index is 911. The minimum absolute atomic E-state index is 0.000967. The van der Waals surface area contributed by atoms with Crippen molar-refractivity contribution in [3.8, 4) is 0 Å². The number of fused-ring (bicyclic) bond motifs is 2. The molecule has 0 atom stereocenters. The van der Waals surface area contributed by atoms with Crippen LogP contribution in [0.3, 0.4) is 0 Å². The zero-order valence-corrected chi connectivity index (χ0v) is 15.5. The summed E-state index contributed by atoms with van der Waals surface area (Å²) in [5.41, 5.74) is 2.99. The van der Waals surface area contributed by atoms with Crippen LogP contribution in [-0.2, 0) is 11.3 Å². The van der Waals surface area contributed by atoms with Crippen molar-refractivity contribution in [2.24, 2.45) is 5.92 Å². The third-order valence-electron chi connectivity index (χ3n) is 4.25. The molecule has 0 unspecified atom stereocenters. The minimum atomic E-state index is 0.000967. The number of amides is 1. The predicted octanol–water partition coefficient (Wildman–Crippen LogP) is 4.68. The van der Waals surface area contributed by atoms with Crippen LogP contribution in [0.4, 0.5) is 5.82 Å². The zero-order chi connectivity index (χ0) is 18.0. The monoisotopic (exact) mass is 338 g/mol. The smallest absolute Gasteiger partial charge is 0.225 e. The van der Waals surface area contributed by atoms with Crippen molar-refractivity contribution in [2.75, 3.05) is 5.32 Å². The van der Waals surface area contributed by atoms with Gasteiger partial charge in [0.2, 0.25) is 5.91 Å². The fourth-order valence-corrected chi connectivity index (χ4v) is 2.97. The maximum atomic E-state index is 12.2. The second-order valence-corrected chi connectivity index (χ2v) is 7.13. The lowest BCUT2D eigenvalue weighted by molar-refractivity contribution is -0.116. The standard InChI is InChI=1S/C20H26N4O/c1-5-6-9-24-20-16(19(23-24)22-18(25)10-13(2)3)12-15-8-7-14(4)11-17(15)21-20/h7-8,11-13H,5-6,9-10H2,1-4H3,(H,22,23,25). The number of pyridine rings is 1. The molecular weight excluding hydrogens is 312 g/mol. The van der Waals surface area contributed by atoms with E-state index in [2.05, 4.69) is 48.5 Å². The van der Waals surface area contributed by atoms with E-state index in [0.717, 1.165) is 41.3 Å². The molecule has 5 heteroatoms. The molecule has 0 aliphatic heterocycles. The Balaban J connectivity index is 2.08. The normalized spacial score (nSPS) is 11.6. The molecule has 0 saturated heterocycles. The molecule has 2 heterocycles. The van der Waals surface area contributed by atoms with Gasteiger partial charge in [-0.05, 0) is 37.0 Å². The quantitative estimate of drug-likeness (QED) is 0.710. The number of aryl methyl sites for hydroxylation is 2. The van der Waals surface area contributed by atoms with Gasteiger partial charge in [0.05, 0.1) is 10.9 Å². The molecular formula is C20H26N4O. The van der Waals surface area contributed by atoms with Gasteiger partial charge in [0, 0.05) is 18.4 Å². The summed E-state index contributed by atoms with van der Waals surface area (Å²) in [6.07, 6.45) is 2.61. The molecule has 0 saturated carbocycles. The van der Waals surface area contributed by atoms with Gasteiger partial charge in [-0.25, -0.2) is 9.67 Å². The molecule has 1 N–H and O–H groups in total. The largest absolute Gasteiger partial charge is 0.309 e. The number of nitrogens with zero attached hydrogens (tertiary/aromatic N) is 3. The number of benzene rings is 1. The lowest BCUT2D eigenvalue weighted by Crippen LogP contribution is -2.14. The molecule has 0 bridgehead atoms. The van der Waals surface area contributed by atoms with Crippen LogP contribution >= 0.6 is 0 Å². The number of carbonyl (C=O) groups excluding carboxylic acids is 1. The summed E-state index contributed by atoms with van der Waals surface area (Å²) in [6, 6.07) is 8.31. The Morgan fingerprint density at radius 3 is 2.80 bits per heavy atom. The predicted molar refractivity (Wildman–Crippen MR) is 103 cm³/mol. The fourth-order valence-electron chi connectivity index (χ4n) is 2.97. The van der Waals surface area contributed by atoms with Crippen molar-refractivity contribution in [1.82, 2.24) is 14.8 Å². The van der Waals surface area contributed by atoms with Crippen molar-refractivity contribution in [3.63, 3.8) is 0 Å². The van der Waals surface area contributed by atoms with Crippen LogP contribution in [0.25, 0.3) is 21.9 Å². The second kappa shape index (κ2) is 7.21. The Morgan fingerprint density at radius 2 is 2.08 bits per heavy atom. The number of unbranched alkanes of at least 4 members (excludes halogenated alkanes) is 1. The highest BCUT2D eigenvalue weighted by molar-refractivity contribution is 6.02. The number of hydrogen-bond donors (Lipinski definition) is 1. The highest BCUT2D eigenvalue weighted by Crippen LogP contribution is 2.27. The molecule has 0 aliphatic carbocycles. The van der Waals surface area contributed by atoms with E-state index in [9.17, 15) is 4.79 Å². The average molecular weight is 338 g/mol. The summed E-state index contributed by atoms with van der Waals surface area (Å²) in [5.74, 6) is 0.933. The number of anilines is 1. The van der Waals surface area contributed by atoms with Crippen molar-refractivity contribution < 1.29 is 4.79 Å². The Kier molecular flexibility index (Phi) is 5.02. The molecule has 0 fully saturated rings. The molecule has 5 nitrogen and oxygen atoms in total. The van der Waals surface area contributed by atoms with E-state index in [1.807, 2.05) is 18.5 Å². The zero-order valence-electron chi connectivity index (χ0n) is 15.5. The van der Waals surface area contributed by atoms with Crippen molar-refractivity contribution in [2.45, 2.75) is 53.5 Å². The second-order valence-electron chi connectivity index (χ2n) is 7.13. The summed E-state index contributed by atoms with van der Waals surface area (Å²) < 4.78 is 1.92. The summed E-state index contributed by atoms with van der Waals surface area (Å²) in [4.78, 5) is 17.0. The number of rotatable bonds is 6. The first kappa shape index (κ1) is 17.4. The summed E-state index contributed by atoms with van der Waals surface area (Å²) in [5, 5.41) is 9.59. The molecule has 1 amide bonds. The van der Waals surface area contributed by atoms with Crippen LogP contribution < -0.4 is 5.32 Å². The van der Waals surface area contributed by atoms with Crippen LogP contribution in [0.15, 0.2) is 24.3 Å². The number of nitrogens with one attached hydrogen (secondary N) is 1. The van der Waals surface area contributed by atoms with Gasteiger partial charge in [-0.1, -0.05) is 39.3 Å². The van der Waals surface area contributed by atoms with Gasteiger partial charge >= 0.3 is 0 Å². The summed E-state index contributed by atoms with van der Waals surface area (Å²) in [6.45, 7) is 9.10. The van der Waals surface area contributed by atoms with Gasteiger partial charge < -0.3 is 5.32 Å². The highest BCUT2D eigenvalue weighted by atomic mass is 16.1. The third kappa shape index (κ3) is 3.81. The Labute approximate surface area is 148 Å². The number of aromatic nitrogens is 3. The lowest BCUT2D eigenvalue weighted by Gasteiger charge is -2.05. The number of carbonyl (C=O) groups is 1. The van der Waals surface area contributed by atoms with Crippen LogP contribution in [0.5, 0.6) is 0 Å². The first-order valence-corrected chi connectivity index (χ1v) is 9.05. The summed E-state index contributed by atoms with van der Waals surface area (Å²) in [7, 11) is 0. The Hall–Kier alpha value is -2.43. The van der Waals surface area contributed by atoms with E-state index in [4.69, 9.17) is 4.98 Å². The van der Waals surface area contributed by atoms with E-state index in [0.29, 0.717) is 18.2 Å². The molecule has 25 heavy (non-hydrogen) atoms. The molecule has 0 aliphatic rings. The van der Waals surface area contributed by atoms with Gasteiger partial charge in [-0.2, -0.15) is 5.10 Å². The molecule has 3 rings (SSSR count). The molecule has 2 aromatic heterocycles. The van der Waals surface area contributed by atoms with Gasteiger partial charge in [-0.15, -0.1) is 0 Å². The van der Waals surface area contributed by atoms with Gasteiger partial charge in [-0.3, -0.25) is 4.79 Å². The third-order valence-corrected chi connectivity index (χ3v) is 4.25. The van der Waals surface area contributed by atoms with Crippen LogP contribution in [-0.4, -0.2) is 20.7 Å². The van der Waals surface area contributed by atoms with E-state index in [1.165, 1.54) is 5.56 Å². The van der Waals surface area contributed by atoms with Crippen LogP contribution in [0.2, 0.25) is 0 Å². The van der Waals surface area contributed by atoms with E-state index in [-0.39, 0.29) is 5.91 Å².